The third-order valence-corrected chi connectivity index (χ3v) is 5.61. The molecule has 0 aliphatic carbocycles. The maximum atomic E-state index is 13.6. The Balaban J connectivity index is 1.46. The van der Waals surface area contributed by atoms with Crippen LogP contribution in [-0.2, 0) is 11.8 Å². The molecule has 0 atom stereocenters. The summed E-state index contributed by atoms with van der Waals surface area (Å²) in [7, 11) is 4.88. The lowest BCUT2D eigenvalue weighted by molar-refractivity contribution is -0.118. The smallest absolute Gasteiger partial charge is 0.263 e. The second-order valence-corrected chi connectivity index (χ2v) is 7.77. The van der Waals surface area contributed by atoms with Gasteiger partial charge in [-0.1, -0.05) is 12.1 Å². The van der Waals surface area contributed by atoms with Gasteiger partial charge >= 0.3 is 0 Å². The van der Waals surface area contributed by atoms with Crippen LogP contribution in [-0.4, -0.2) is 41.5 Å². The molecule has 0 radical (unpaired) electrons. The van der Waals surface area contributed by atoms with Crippen molar-refractivity contribution >= 4 is 23.1 Å². The van der Waals surface area contributed by atoms with E-state index < -0.39 is 11.7 Å². The Hall–Kier alpha value is -3.92. The maximum absolute atomic E-state index is 13.6. The molecule has 4 rings (SSSR count). The van der Waals surface area contributed by atoms with Gasteiger partial charge in [-0.3, -0.25) is 9.48 Å². The van der Waals surface area contributed by atoms with Crippen LogP contribution in [0.2, 0.25) is 0 Å². The third kappa shape index (κ3) is 4.96. The zero-order valence-corrected chi connectivity index (χ0v) is 19.0. The number of hydrogen-bond acceptors (Lipinski definition) is 7. The number of halogens is 1. The van der Waals surface area contributed by atoms with E-state index in [0.29, 0.717) is 28.0 Å². The zero-order valence-electron chi connectivity index (χ0n) is 18.2. The van der Waals surface area contributed by atoms with Crippen LogP contribution in [0.5, 0.6) is 17.2 Å². The maximum Gasteiger partial charge on any atom is 0.263 e. The quantitative estimate of drug-likeness (QED) is 0.413. The molecule has 0 aliphatic rings. The lowest BCUT2D eigenvalue weighted by Gasteiger charge is -2.08. The van der Waals surface area contributed by atoms with E-state index in [2.05, 4.69) is 15.4 Å². The van der Waals surface area contributed by atoms with E-state index in [-0.39, 0.29) is 12.4 Å². The fourth-order valence-electron chi connectivity index (χ4n) is 3.09. The molecule has 2 aromatic heterocycles. The lowest BCUT2D eigenvalue weighted by atomic mass is 10.1. The van der Waals surface area contributed by atoms with Crippen LogP contribution in [0.4, 0.5) is 10.2 Å². The Morgan fingerprint density at radius 2 is 1.85 bits per heavy atom. The average molecular weight is 469 g/mol. The monoisotopic (exact) mass is 468 g/mol. The molecule has 0 saturated heterocycles. The van der Waals surface area contributed by atoms with Crippen molar-refractivity contribution in [3.05, 3.63) is 59.7 Å². The first-order valence-electron chi connectivity index (χ1n) is 9.88. The first-order chi connectivity index (χ1) is 16.0. The highest BCUT2D eigenvalue weighted by Crippen LogP contribution is 2.34. The van der Waals surface area contributed by atoms with E-state index in [9.17, 15) is 9.18 Å². The predicted molar refractivity (Wildman–Crippen MR) is 123 cm³/mol. The summed E-state index contributed by atoms with van der Waals surface area (Å²) in [5.41, 5.74) is 2.26. The van der Waals surface area contributed by atoms with Crippen LogP contribution >= 0.6 is 11.3 Å². The highest BCUT2D eigenvalue weighted by atomic mass is 32.1. The molecule has 0 spiro atoms. The van der Waals surface area contributed by atoms with Crippen LogP contribution < -0.4 is 19.5 Å². The number of aromatic nitrogens is 3. The largest absolute Gasteiger partial charge is 0.493 e. The second-order valence-electron chi connectivity index (χ2n) is 6.91. The normalized spacial score (nSPS) is 10.7. The molecule has 0 bridgehead atoms. The molecule has 0 unspecified atom stereocenters. The number of carbonyl (C=O) groups excluding carboxylic acids is 1. The lowest BCUT2D eigenvalue weighted by Crippen LogP contribution is -2.21. The SMILES string of the molecule is COc1ccc(-c2csc(-c3cc(NC(=O)COc4ccccc4F)n(C)n3)n2)cc1OC. The summed E-state index contributed by atoms with van der Waals surface area (Å²) in [5.74, 6) is 0.782. The minimum atomic E-state index is -0.526. The number of nitrogens with zero attached hydrogens (tertiary/aromatic N) is 3. The number of rotatable bonds is 8. The number of hydrogen-bond donors (Lipinski definition) is 1. The van der Waals surface area contributed by atoms with Crippen LogP contribution in [0.3, 0.4) is 0 Å². The van der Waals surface area contributed by atoms with Crippen molar-refractivity contribution in [2.24, 2.45) is 7.05 Å². The summed E-state index contributed by atoms with van der Waals surface area (Å²) in [6.07, 6.45) is 0. The standard InChI is InChI=1S/C23H21FN4O4S/c1-28-21(26-22(29)12-32-18-7-5-4-6-15(18)24)11-16(27-28)23-25-17(13-33-23)14-8-9-19(30-2)20(10-14)31-3/h4-11,13H,12H2,1-3H3,(H,26,29). The van der Waals surface area contributed by atoms with Gasteiger partial charge in [-0.15, -0.1) is 11.3 Å². The fourth-order valence-corrected chi connectivity index (χ4v) is 3.88. The minimum absolute atomic E-state index is 0.0174. The van der Waals surface area contributed by atoms with Gasteiger partial charge in [0.15, 0.2) is 29.7 Å². The van der Waals surface area contributed by atoms with E-state index in [1.807, 2.05) is 23.6 Å². The molecule has 2 heterocycles. The van der Waals surface area contributed by atoms with Crippen LogP contribution in [0, 0.1) is 5.82 Å². The van der Waals surface area contributed by atoms with Gasteiger partial charge in [0.05, 0.1) is 19.9 Å². The van der Waals surface area contributed by atoms with Crippen molar-refractivity contribution in [2.45, 2.75) is 0 Å². The number of amides is 1. The van der Waals surface area contributed by atoms with E-state index in [0.717, 1.165) is 11.3 Å². The predicted octanol–water partition coefficient (Wildman–Crippen LogP) is 4.38. The van der Waals surface area contributed by atoms with Gasteiger partial charge in [0.2, 0.25) is 0 Å². The molecule has 0 fully saturated rings. The molecule has 1 N–H and O–H groups in total. The summed E-state index contributed by atoms with van der Waals surface area (Å²) in [6, 6.07) is 13.2. The molecule has 2 aromatic carbocycles. The molecule has 10 heteroatoms. The number of anilines is 1. The number of nitrogens with one attached hydrogen (secondary N) is 1. The Morgan fingerprint density at radius 3 is 2.61 bits per heavy atom. The van der Waals surface area contributed by atoms with Crippen molar-refractivity contribution in [2.75, 3.05) is 26.1 Å². The summed E-state index contributed by atoms with van der Waals surface area (Å²) in [4.78, 5) is 16.9. The van der Waals surface area contributed by atoms with Crippen molar-refractivity contribution in [1.82, 2.24) is 14.8 Å². The van der Waals surface area contributed by atoms with Crippen LogP contribution in [0.1, 0.15) is 0 Å². The number of methoxy groups -OCH3 is 2. The van der Waals surface area contributed by atoms with Gasteiger partial charge in [-0.2, -0.15) is 5.10 Å². The van der Waals surface area contributed by atoms with E-state index in [1.165, 1.54) is 28.2 Å². The van der Waals surface area contributed by atoms with Gasteiger partial charge in [0.25, 0.3) is 5.91 Å². The molecule has 0 saturated carbocycles. The number of benzene rings is 2. The Bertz CT molecular complexity index is 1290. The number of thiazole rings is 1. The Morgan fingerprint density at radius 1 is 1.06 bits per heavy atom. The molecule has 0 aliphatic heterocycles. The summed E-state index contributed by atoms with van der Waals surface area (Å²) in [5, 5.41) is 9.77. The average Bonchev–Trinajstić information content (AvgIpc) is 3.45. The Labute approximate surface area is 193 Å². The van der Waals surface area contributed by atoms with Crippen molar-refractivity contribution < 1.29 is 23.4 Å². The number of carbonyl (C=O) groups is 1. The summed E-state index contributed by atoms with van der Waals surface area (Å²) in [6.45, 7) is -0.331. The van der Waals surface area contributed by atoms with Gasteiger partial charge < -0.3 is 19.5 Å². The van der Waals surface area contributed by atoms with Crippen molar-refractivity contribution in [3.63, 3.8) is 0 Å². The van der Waals surface area contributed by atoms with E-state index >= 15 is 0 Å². The van der Waals surface area contributed by atoms with E-state index in [4.69, 9.17) is 14.2 Å². The molecular weight excluding hydrogens is 447 g/mol. The third-order valence-electron chi connectivity index (χ3n) is 4.75. The van der Waals surface area contributed by atoms with Gasteiger partial charge in [-0.25, -0.2) is 9.37 Å². The molecule has 4 aromatic rings. The molecule has 8 nitrogen and oxygen atoms in total. The van der Waals surface area contributed by atoms with E-state index in [1.54, 1.807) is 39.5 Å². The topological polar surface area (TPSA) is 87.5 Å². The van der Waals surface area contributed by atoms with Gasteiger partial charge in [0.1, 0.15) is 16.5 Å². The molecular formula is C23H21FN4O4S. The number of ether oxygens (including phenoxy) is 3. The van der Waals surface area contributed by atoms with Gasteiger partial charge in [0, 0.05) is 24.1 Å². The van der Waals surface area contributed by atoms with Crippen molar-refractivity contribution in [1.29, 1.82) is 0 Å². The summed E-state index contributed by atoms with van der Waals surface area (Å²) < 4.78 is 31.1. The highest BCUT2D eigenvalue weighted by molar-refractivity contribution is 7.13. The summed E-state index contributed by atoms with van der Waals surface area (Å²) >= 11 is 1.43. The fraction of sp³-hybridized carbons (Fsp3) is 0.174. The van der Waals surface area contributed by atoms with Gasteiger partial charge in [-0.05, 0) is 30.3 Å². The minimum Gasteiger partial charge on any atom is -0.493 e. The molecule has 33 heavy (non-hydrogen) atoms. The van der Waals surface area contributed by atoms with Crippen LogP contribution in [0.25, 0.3) is 22.0 Å². The first-order valence-corrected chi connectivity index (χ1v) is 10.8. The highest BCUT2D eigenvalue weighted by Gasteiger charge is 2.15. The zero-order chi connectivity index (χ0) is 23.4. The second kappa shape index (κ2) is 9.70. The first kappa shape index (κ1) is 22.3. The van der Waals surface area contributed by atoms with Crippen LogP contribution in [0.15, 0.2) is 53.9 Å². The molecule has 170 valence electrons. The number of para-hydroxylation sites is 1. The molecule has 1 amide bonds. The van der Waals surface area contributed by atoms with Crippen molar-refractivity contribution in [3.8, 4) is 39.2 Å². The number of aryl methyl sites for hydroxylation is 1. The Kier molecular flexibility index (Phi) is 6.55.